The summed E-state index contributed by atoms with van der Waals surface area (Å²) in [5.74, 6) is -0.126. The maximum atomic E-state index is 12.5. The molecule has 0 aromatic heterocycles. The van der Waals surface area contributed by atoms with Crippen LogP contribution < -0.4 is 0 Å². The van der Waals surface area contributed by atoms with E-state index in [4.69, 9.17) is 10.7 Å². The first kappa shape index (κ1) is 15.3. The molecule has 1 atom stereocenters. The molecule has 4 nitrogen and oxygen atoms in total. The third-order valence-electron chi connectivity index (χ3n) is 3.76. The van der Waals surface area contributed by atoms with E-state index in [0.717, 1.165) is 25.8 Å². The summed E-state index contributed by atoms with van der Waals surface area (Å²) in [4.78, 5) is 14.3. The molecule has 1 aliphatic rings. The molecule has 0 radical (unpaired) electrons. The van der Waals surface area contributed by atoms with Gasteiger partial charge in [-0.3, -0.25) is 4.79 Å². The van der Waals surface area contributed by atoms with E-state index >= 15 is 0 Å². The number of carbonyl (C=O) groups excluding carboxylic acids is 1. The molecular formula is C14H18ClNO3S. The van der Waals surface area contributed by atoms with Gasteiger partial charge in [0.25, 0.3) is 15.0 Å². The van der Waals surface area contributed by atoms with Crippen molar-refractivity contribution >= 4 is 25.6 Å². The average Bonchev–Trinajstić information content (AvgIpc) is 2.37. The smallest absolute Gasteiger partial charge is 0.261 e. The molecule has 20 heavy (non-hydrogen) atoms. The lowest BCUT2D eigenvalue weighted by atomic mass is 10.0. The van der Waals surface area contributed by atoms with Gasteiger partial charge in [0.05, 0.1) is 4.90 Å². The van der Waals surface area contributed by atoms with Crippen LogP contribution in [0.15, 0.2) is 23.1 Å². The number of hydrogen-bond acceptors (Lipinski definition) is 3. The lowest BCUT2D eigenvalue weighted by molar-refractivity contribution is 0.0635. The molecule has 1 aromatic carbocycles. The van der Waals surface area contributed by atoms with Crippen LogP contribution in [-0.4, -0.2) is 31.8 Å². The van der Waals surface area contributed by atoms with Crippen LogP contribution in [0.25, 0.3) is 0 Å². The van der Waals surface area contributed by atoms with E-state index in [-0.39, 0.29) is 16.8 Å². The lowest BCUT2D eigenvalue weighted by Crippen LogP contribution is -2.42. The maximum Gasteiger partial charge on any atom is 0.261 e. The van der Waals surface area contributed by atoms with E-state index in [1.165, 1.54) is 6.07 Å². The molecule has 1 saturated heterocycles. The van der Waals surface area contributed by atoms with Crippen molar-refractivity contribution in [2.45, 2.75) is 44.0 Å². The molecule has 6 heteroatoms. The van der Waals surface area contributed by atoms with E-state index in [0.29, 0.717) is 11.1 Å². The molecule has 0 saturated carbocycles. The zero-order valence-electron chi connectivity index (χ0n) is 11.6. The topological polar surface area (TPSA) is 54.5 Å². The molecular weight excluding hydrogens is 298 g/mol. The van der Waals surface area contributed by atoms with Crippen molar-refractivity contribution in [3.8, 4) is 0 Å². The van der Waals surface area contributed by atoms with Crippen LogP contribution in [0, 0.1) is 6.92 Å². The highest BCUT2D eigenvalue weighted by atomic mass is 35.7. The second-order valence-corrected chi connectivity index (χ2v) is 7.80. The molecule has 0 aliphatic carbocycles. The van der Waals surface area contributed by atoms with E-state index in [1.54, 1.807) is 24.0 Å². The Balaban J connectivity index is 2.36. The third kappa shape index (κ3) is 3.15. The van der Waals surface area contributed by atoms with Crippen molar-refractivity contribution in [3.63, 3.8) is 0 Å². The lowest BCUT2D eigenvalue weighted by Gasteiger charge is -2.33. The van der Waals surface area contributed by atoms with Gasteiger partial charge in [-0.25, -0.2) is 8.42 Å². The summed E-state index contributed by atoms with van der Waals surface area (Å²) < 4.78 is 23.0. The van der Waals surface area contributed by atoms with Crippen LogP contribution >= 0.6 is 10.7 Å². The fourth-order valence-electron chi connectivity index (χ4n) is 2.56. The second kappa shape index (κ2) is 5.74. The first-order valence-corrected chi connectivity index (χ1v) is 8.98. The third-order valence-corrected chi connectivity index (χ3v) is 5.23. The maximum absolute atomic E-state index is 12.5. The predicted octanol–water partition coefficient (Wildman–Crippen LogP) is 2.94. The summed E-state index contributed by atoms with van der Waals surface area (Å²) in [6.07, 6.45) is 3.10. The van der Waals surface area contributed by atoms with Crippen molar-refractivity contribution in [1.29, 1.82) is 0 Å². The van der Waals surface area contributed by atoms with Crippen LogP contribution in [0.5, 0.6) is 0 Å². The minimum atomic E-state index is -3.83. The minimum Gasteiger partial charge on any atom is -0.336 e. The Bertz CT molecular complexity index is 627. The number of benzene rings is 1. The van der Waals surface area contributed by atoms with Gasteiger partial charge in [0, 0.05) is 28.8 Å². The monoisotopic (exact) mass is 315 g/mol. The number of aryl methyl sites for hydroxylation is 1. The van der Waals surface area contributed by atoms with Gasteiger partial charge >= 0.3 is 0 Å². The largest absolute Gasteiger partial charge is 0.336 e. The van der Waals surface area contributed by atoms with Crippen molar-refractivity contribution in [1.82, 2.24) is 4.90 Å². The first-order valence-electron chi connectivity index (χ1n) is 6.67. The Kier molecular flexibility index (Phi) is 4.39. The zero-order valence-corrected chi connectivity index (χ0v) is 13.2. The van der Waals surface area contributed by atoms with Gasteiger partial charge in [-0.1, -0.05) is 6.07 Å². The Morgan fingerprint density at radius 3 is 2.65 bits per heavy atom. The van der Waals surface area contributed by atoms with E-state index < -0.39 is 9.05 Å². The predicted molar refractivity (Wildman–Crippen MR) is 78.6 cm³/mol. The summed E-state index contributed by atoms with van der Waals surface area (Å²) in [5.41, 5.74) is 0.923. The molecule has 1 heterocycles. The van der Waals surface area contributed by atoms with Gasteiger partial charge in [-0.15, -0.1) is 0 Å². The molecule has 0 N–H and O–H groups in total. The van der Waals surface area contributed by atoms with Crippen LogP contribution in [0.4, 0.5) is 0 Å². The van der Waals surface area contributed by atoms with Crippen molar-refractivity contribution in [3.05, 3.63) is 29.3 Å². The standard InChI is InChI=1S/C14H18ClNO3S/c1-10-6-7-12(9-13(10)20(15,18)19)14(17)16-8-4-3-5-11(16)2/h6-7,9,11H,3-5,8H2,1-2H3. The van der Waals surface area contributed by atoms with Crippen LogP contribution in [0.3, 0.4) is 0 Å². The highest BCUT2D eigenvalue weighted by molar-refractivity contribution is 8.13. The van der Waals surface area contributed by atoms with Gasteiger partial charge in [0.2, 0.25) is 0 Å². The average molecular weight is 316 g/mol. The van der Waals surface area contributed by atoms with Gasteiger partial charge in [-0.05, 0) is 50.8 Å². The Morgan fingerprint density at radius 2 is 2.05 bits per heavy atom. The highest BCUT2D eigenvalue weighted by Gasteiger charge is 2.25. The molecule has 1 aliphatic heterocycles. The second-order valence-electron chi connectivity index (χ2n) is 5.26. The molecule has 110 valence electrons. The summed E-state index contributed by atoms with van der Waals surface area (Å²) in [6, 6.07) is 4.84. The molecule has 1 amide bonds. The van der Waals surface area contributed by atoms with Crippen molar-refractivity contribution in [2.24, 2.45) is 0 Å². The normalized spacial score (nSPS) is 19.9. The Labute approximate surface area is 124 Å². The molecule has 1 unspecified atom stereocenters. The molecule has 0 bridgehead atoms. The summed E-state index contributed by atoms with van der Waals surface area (Å²) in [5, 5.41) is 0. The summed E-state index contributed by atoms with van der Waals surface area (Å²) in [7, 11) is 1.57. The molecule has 2 rings (SSSR count). The SMILES string of the molecule is Cc1ccc(C(=O)N2CCCCC2C)cc1S(=O)(=O)Cl. The number of halogens is 1. The summed E-state index contributed by atoms with van der Waals surface area (Å²) in [6.45, 7) is 4.40. The number of carbonyl (C=O) groups is 1. The Hall–Kier alpha value is -1.07. The van der Waals surface area contributed by atoms with Gasteiger partial charge < -0.3 is 4.90 Å². The number of piperidine rings is 1. The molecule has 1 aromatic rings. The van der Waals surface area contributed by atoms with E-state index in [2.05, 4.69) is 0 Å². The number of nitrogens with zero attached hydrogens (tertiary/aromatic N) is 1. The van der Waals surface area contributed by atoms with Crippen LogP contribution in [0.1, 0.15) is 42.1 Å². The van der Waals surface area contributed by atoms with Gasteiger partial charge in [-0.2, -0.15) is 0 Å². The van der Waals surface area contributed by atoms with E-state index in [9.17, 15) is 13.2 Å². The first-order chi connectivity index (χ1) is 9.30. The number of hydrogen-bond donors (Lipinski definition) is 0. The molecule has 1 fully saturated rings. The van der Waals surface area contributed by atoms with Crippen LogP contribution in [-0.2, 0) is 9.05 Å². The number of rotatable bonds is 2. The quantitative estimate of drug-likeness (QED) is 0.788. The van der Waals surface area contributed by atoms with E-state index in [1.807, 2.05) is 6.92 Å². The van der Waals surface area contributed by atoms with Crippen molar-refractivity contribution in [2.75, 3.05) is 6.54 Å². The van der Waals surface area contributed by atoms with Gasteiger partial charge in [0.1, 0.15) is 0 Å². The summed E-state index contributed by atoms with van der Waals surface area (Å²) >= 11 is 0. The number of likely N-dealkylation sites (tertiary alicyclic amines) is 1. The Morgan fingerprint density at radius 1 is 1.35 bits per heavy atom. The highest BCUT2D eigenvalue weighted by Crippen LogP contribution is 2.24. The minimum absolute atomic E-state index is 0.00896. The van der Waals surface area contributed by atoms with Crippen LogP contribution in [0.2, 0.25) is 0 Å². The number of amides is 1. The fourth-order valence-corrected chi connectivity index (χ4v) is 3.78. The zero-order chi connectivity index (χ0) is 14.9. The van der Waals surface area contributed by atoms with Gasteiger partial charge in [0.15, 0.2) is 0 Å². The molecule has 0 spiro atoms. The fraction of sp³-hybridized carbons (Fsp3) is 0.500. The van der Waals surface area contributed by atoms with Crippen molar-refractivity contribution < 1.29 is 13.2 Å².